The van der Waals surface area contributed by atoms with E-state index in [4.69, 9.17) is 4.74 Å². The van der Waals surface area contributed by atoms with Crippen molar-refractivity contribution in [2.75, 3.05) is 6.61 Å². The summed E-state index contributed by atoms with van der Waals surface area (Å²) in [4.78, 5) is 0. The average molecular weight is 126 g/mol. The molecule has 0 amide bonds. The third-order valence-corrected chi connectivity index (χ3v) is 3.07. The number of hydrogen-bond acceptors (Lipinski definition) is 1. The Morgan fingerprint density at radius 2 is 2.33 bits per heavy atom. The quantitative estimate of drug-likeness (QED) is 0.520. The van der Waals surface area contributed by atoms with E-state index in [1.807, 2.05) is 0 Å². The fraction of sp³-hybridized carbons (Fsp3) is 1.00. The van der Waals surface area contributed by atoms with Gasteiger partial charge in [-0.2, -0.15) is 0 Å². The van der Waals surface area contributed by atoms with Gasteiger partial charge in [-0.15, -0.1) is 0 Å². The summed E-state index contributed by atoms with van der Waals surface area (Å²) in [6.07, 6.45) is 3.25. The minimum absolute atomic E-state index is 0.618. The maximum atomic E-state index is 5.43. The van der Waals surface area contributed by atoms with Gasteiger partial charge in [-0.3, -0.25) is 0 Å². The van der Waals surface area contributed by atoms with Gasteiger partial charge in [-0.1, -0.05) is 13.8 Å². The molecule has 1 heterocycles. The van der Waals surface area contributed by atoms with Crippen molar-refractivity contribution in [3.05, 3.63) is 0 Å². The highest BCUT2D eigenvalue weighted by Crippen LogP contribution is 2.61. The largest absolute Gasteiger partial charge is 0.377 e. The SMILES string of the molecule is CCC1OCC12CC2C. The molecule has 52 valence electrons. The Labute approximate surface area is 56.4 Å². The molecule has 1 aliphatic carbocycles. The highest BCUT2D eigenvalue weighted by molar-refractivity contribution is 5.09. The first kappa shape index (κ1) is 5.72. The van der Waals surface area contributed by atoms with E-state index in [0.717, 1.165) is 12.5 Å². The van der Waals surface area contributed by atoms with Crippen LogP contribution in [0.25, 0.3) is 0 Å². The molecule has 1 saturated heterocycles. The van der Waals surface area contributed by atoms with E-state index in [-0.39, 0.29) is 0 Å². The average Bonchev–Trinajstić information content (AvgIpc) is 2.43. The zero-order valence-electron chi connectivity index (χ0n) is 6.18. The predicted octanol–water partition coefficient (Wildman–Crippen LogP) is 1.82. The van der Waals surface area contributed by atoms with Crippen LogP contribution in [0.15, 0.2) is 0 Å². The normalized spacial score (nSPS) is 55.3. The van der Waals surface area contributed by atoms with Crippen LogP contribution in [0.4, 0.5) is 0 Å². The van der Waals surface area contributed by atoms with Gasteiger partial charge in [0.15, 0.2) is 0 Å². The molecule has 0 N–H and O–H groups in total. The molecule has 3 unspecified atom stereocenters. The summed E-state index contributed by atoms with van der Waals surface area (Å²) in [5.41, 5.74) is 0.675. The van der Waals surface area contributed by atoms with E-state index in [1.165, 1.54) is 12.8 Å². The van der Waals surface area contributed by atoms with Gasteiger partial charge >= 0.3 is 0 Å². The zero-order chi connectivity index (χ0) is 6.48. The van der Waals surface area contributed by atoms with Crippen LogP contribution in [0.1, 0.15) is 26.7 Å². The van der Waals surface area contributed by atoms with Gasteiger partial charge < -0.3 is 4.74 Å². The lowest BCUT2D eigenvalue weighted by molar-refractivity contribution is -0.139. The van der Waals surface area contributed by atoms with Gasteiger partial charge in [0.25, 0.3) is 0 Å². The highest BCUT2D eigenvalue weighted by Gasteiger charge is 2.62. The Bertz CT molecular complexity index is 127. The van der Waals surface area contributed by atoms with Gasteiger partial charge in [0, 0.05) is 5.41 Å². The second kappa shape index (κ2) is 1.51. The summed E-state index contributed by atoms with van der Waals surface area (Å²) in [5.74, 6) is 0.955. The maximum absolute atomic E-state index is 5.43. The lowest BCUT2D eigenvalue weighted by Gasteiger charge is -2.37. The second-order valence-electron chi connectivity index (χ2n) is 3.55. The Hall–Kier alpha value is -0.0400. The van der Waals surface area contributed by atoms with Crippen LogP contribution < -0.4 is 0 Å². The third kappa shape index (κ3) is 0.536. The molecule has 3 atom stereocenters. The van der Waals surface area contributed by atoms with Crippen molar-refractivity contribution in [1.82, 2.24) is 0 Å². The first-order chi connectivity index (χ1) is 4.29. The van der Waals surface area contributed by atoms with Gasteiger partial charge in [0.1, 0.15) is 0 Å². The van der Waals surface area contributed by atoms with Crippen LogP contribution in [-0.2, 0) is 4.74 Å². The van der Waals surface area contributed by atoms with E-state index >= 15 is 0 Å². The van der Waals surface area contributed by atoms with Crippen molar-refractivity contribution in [2.45, 2.75) is 32.8 Å². The summed E-state index contributed by atoms with van der Waals surface area (Å²) in [5, 5.41) is 0. The number of rotatable bonds is 1. The molecule has 2 rings (SSSR count). The molecule has 1 spiro atoms. The van der Waals surface area contributed by atoms with E-state index in [0.29, 0.717) is 11.5 Å². The maximum Gasteiger partial charge on any atom is 0.0653 e. The van der Waals surface area contributed by atoms with Crippen molar-refractivity contribution >= 4 is 0 Å². The fourth-order valence-electron chi connectivity index (χ4n) is 2.10. The second-order valence-corrected chi connectivity index (χ2v) is 3.55. The molecule has 1 heteroatoms. The van der Waals surface area contributed by atoms with Crippen LogP contribution >= 0.6 is 0 Å². The zero-order valence-corrected chi connectivity index (χ0v) is 6.18. The minimum atomic E-state index is 0.618. The molecule has 0 aromatic heterocycles. The summed E-state index contributed by atoms with van der Waals surface area (Å²) >= 11 is 0. The Balaban J connectivity index is 2.00. The van der Waals surface area contributed by atoms with Gasteiger partial charge in [-0.05, 0) is 18.8 Å². The predicted molar refractivity (Wildman–Crippen MR) is 36.2 cm³/mol. The highest BCUT2D eigenvalue weighted by atomic mass is 16.5. The van der Waals surface area contributed by atoms with Crippen LogP contribution in [0.2, 0.25) is 0 Å². The fourth-order valence-corrected chi connectivity index (χ4v) is 2.10. The standard InChI is InChI=1S/C8H14O/c1-3-7-8(5-9-7)4-6(8)2/h6-7H,3-5H2,1-2H3. The van der Waals surface area contributed by atoms with Crippen LogP contribution in [0.3, 0.4) is 0 Å². The van der Waals surface area contributed by atoms with E-state index in [9.17, 15) is 0 Å². The van der Waals surface area contributed by atoms with Crippen molar-refractivity contribution in [2.24, 2.45) is 11.3 Å². The lowest BCUT2D eigenvalue weighted by atomic mass is 9.90. The van der Waals surface area contributed by atoms with Crippen molar-refractivity contribution in [1.29, 1.82) is 0 Å². The van der Waals surface area contributed by atoms with Gasteiger partial charge in [0.05, 0.1) is 12.7 Å². The molecule has 1 aliphatic heterocycles. The molecule has 0 bridgehead atoms. The molecular weight excluding hydrogens is 112 g/mol. The summed E-state index contributed by atoms with van der Waals surface area (Å²) in [7, 11) is 0. The van der Waals surface area contributed by atoms with Crippen LogP contribution in [0, 0.1) is 11.3 Å². The molecule has 1 saturated carbocycles. The molecule has 9 heavy (non-hydrogen) atoms. The molecule has 1 nitrogen and oxygen atoms in total. The minimum Gasteiger partial charge on any atom is -0.377 e. The van der Waals surface area contributed by atoms with E-state index in [2.05, 4.69) is 13.8 Å². The first-order valence-electron chi connectivity index (χ1n) is 3.91. The van der Waals surface area contributed by atoms with Gasteiger partial charge in [-0.25, -0.2) is 0 Å². The molecule has 0 aromatic rings. The monoisotopic (exact) mass is 126 g/mol. The number of ether oxygens (including phenoxy) is 1. The Kier molecular flexibility index (Phi) is 0.963. The van der Waals surface area contributed by atoms with Crippen LogP contribution in [0.5, 0.6) is 0 Å². The molecular formula is C8H14O. The van der Waals surface area contributed by atoms with Crippen molar-refractivity contribution in [3.63, 3.8) is 0 Å². The third-order valence-electron chi connectivity index (χ3n) is 3.07. The summed E-state index contributed by atoms with van der Waals surface area (Å²) in [6.45, 7) is 5.61. The van der Waals surface area contributed by atoms with Crippen LogP contribution in [-0.4, -0.2) is 12.7 Å². The van der Waals surface area contributed by atoms with Gasteiger partial charge in [0.2, 0.25) is 0 Å². The molecule has 2 aliphatic rings. The summed E-state index contributed by atoms with van der Waals surface area (Å²) in [6, 6.07) is 0. The van der Waals surface area contributed by atoms with E-state index in [1.54, 1.807) is 0 Å². The van der Waals surface area contributed by atoms with Crippen molar-refractivity contribution < 1.29 is 4.74 Å². The Morgan fingerprint density at radius 3 is 2.44 bits per heavy atom. The lowest BCUT2D eigenvalue weighted by Crippen LogP contribution is -2.42. The summed E-state index contributed by atoms with van der Waals surface area (Å²) < 4.78 is 5.43. The Morgan fingerprint density at radius 1 is 1.67 bits per heavy atom. The topological polar surface area (TPSA) is 9.23 Å². The van der Waals surface area contributed by atoms with E-state index < -0.39 is 0 Å². The molecule has 0 radical (unpaired) electrons. The molecule has 0 aromatic carbocycles. The molecule has 2 fully saturated rings. The van der Waals surface area contributed by atoms with Crippen molar-refractivity contribution in [3.8, 4) is 0 Å². The first-order valence-corrected chi connectivity index (χ1v) is 3.91. The smallest absolute Gasteiger partial charge is 0.0653 e. The number of hydrogen-bond donors (Lipinski definition) is 0.